The van der Waals surface area contributed by atoms with Gasteiger partial charge in [0, 0.05) is 6.42 Å². The van der Waals surface area contributed by atoms with Gasteiger partial charge in [-0.1, -0.05) is 68.4 Å². The van der Waals surface area contributed by atoms with E-state index < -0.39 is 11.8 Å². The van der Waals surface area contributed by atoms with Gasteiger partial charge in [0.25, 0.3) is 0 Å². The average molecular weight is 332 g/mol. The summed E-state index contributed by atoms with van der Waals surface area (Å²) in [6.45, 7) is 2.22. The van der Waals surface area contributed by atoms with Crippen molar-refractivity contribution < 1.29 is 14.7 Å². The number of unbranched alkanes of at least 4 members (excludes halogenated alkanes) is 4. The van der Waals surface area contributed by atoms with E-state index in [0.717, 1.165) is 25.7 Å². The predicted octanol–water partition coefficient (Wildman–Crippen LogP) is 5.79. The van der Waals surface area contributed by atoms with Gasteiger partial charge in [-0.15, -0.1) is 0 Å². The lowest BCUT2D eigenvalue weighted by atomic mass is 10.1. The first kappa shape index (κ1) is 22.1. The minimum absolute atomic E-state index is 0.118. The summed E-state index contributed by atoms with van der Waals surface area (Å²) in [4.78, 5) is 21.2. The smallest absolute Gasteiger partial charge is 0.372 e. The fraction of sp³-hybridized carbons (Fsp3) is 0.524. The molecule has 0 aliphatic heterocycles. The van der Waals surface area contributed by atoms with E-state index in [1.165, 1.54) is 25.7 Å². The molecule has 0 aromatic heterocycles. The zero-order valence-electron chi connectivity index (χ0n) is 15.0. The number of aliphatic carboxylic acids is 1. The molecule has 3 nitrogen and oxygen atoms in total. The number of carbonyl (C=O) groups is 2. The summed E-state index contributed by atoms with van der Waals surface area (Å²) in [7, 11) is 0. The van der Waals surface area contributed by atoms with Crippen LogP contribution < -0.4 is 0 Å². The molecule has 3 heteroatoms. The van der Waals surface area contributed by atoms with Crippen molar-refractivity contribution in [2.24, 2.45) is 0 Å². The van der Waals surface area contributed by atoms with Crippen LogP contribution in [0.5, 0.6) is 0 Å². The van der Waals surface area contributed by atoms with Crippen LogP contribution in [0.3, 0.4) is 0 Å². The molecular weight excluding hydrogens is 300 g/mol. The molecule has 134 valence electrons. The van der Waals surface area contributed by atoms with Crippen LogP contribution in [0.1, 0.15) is 71.1 Å². The summed E-state index contributed by atoms with van der Waals surface area (Å²) in [5.41, 5.74) is 0. The molecule has 1 N–H and O–H groups in total. The van der Waals surface area contributed by atoms with Crippen molar-refractivity contribution in [2.45, 2.75) is 71.1 Å². The van der Waals surface area contributed by atoms with Gasteiger partial charge < -0.3 is 5.11 Å². The number of carboxylic acids is 1. The maximum absolute atomic E-state index is 10.9. The third kappa shape index (κ3) is 16.5. The highest BCUT2D eigenvalue weighted by Gasteiger charge is 2.08. The number of hydrogen-bond acceptors (Lipinski definition) is 2. The Hall–Kier alpha value is -1.90. The first-order valence-corrected chi connectivity index (χ1v) is 9.04. The second-order valence-electron chi connectivity index (χ2n) is 5.71. The highest BCUT2D eigenvalue weighted by atomic mass is 16.4. The molecule has 0 saturated heterocycles. The van der Waals surface area contributed by atoms with E-state index in [9.17, 15) is 9.59 Å². The van der Waals surface area contributed by atoms with Gasteiger partial charge in [-0.05, 0) is 44.9 Å². The number of carbonyl (C=O) groups excluding carboxylic acids is 1. The van der Waals surface area contributed by atoms with Crippen LogP contribution in [-0.2, 0) is 9.59 Å². The van der Waals surface area contributed by atoms with Crippen LogP contribution in [0.15, 0.2) is 48.6 Å². The normalized spacial score (nSPS) is 12.2. The van der Waals surface area contributed by atoms with Crippen molar-refractivity contribution in [3.63, 3.8) is 0 Å². The molecule has 24 heavy (non-hydrogen) atoms. The first-order chi connectivity index (χ1) is 11.7. The molecule has 0 saturated carbocycles. The summed E-state index contributed by atoms with van der Waals surface area (Å²) in [6.07, 6.45) is 26.5. The van der Waals surface area contributed by atoms with Gasteiger partial charge in [-0.3, -0.25) is 4.79 Å². The van der Waals surface area contributed by atoms with Gasteiger partial charge in [0.05, 0.1) is 0 Å². The summed E-state index contributed by atoms with van der Waals surface area (Å²) in [5, 5.41) is 8.43. The van der Waals surface area contributed by atoms with Crippen LogP contribution in [0.2, 0.25) is 0 Å². The molecule has 0 rings (SSSR count). The fourth-order valence-electron chi connectivity index (χ4n) is 2.05. The molecule has 0 radical (unpaired) electrons. The van der Waals surface area contributed by atoms with E-state index in [1.807, 2.05) is 12.2 Å². The molecular formula is C21H32O3. The summed E-state index contributed by atoms with van der Waals surface area (Å²) in [6, 6.07) is 0. The first-order valence-electron chi connectivity index (χ1n) is 9.04. The lowest BCUT2D eigenvalue weighted by Crippen LogP contribution is -2.11. The Morgan fingerprint density at radius 3 is 1.62 bits per heavy atom. The minimum Gasteiger partial charge on any atom is -0.476 e. The van der Waals surface area contributed by atoms with E-state index in [-0.39, 0.29) is 6.42 Å². The summed E-state index contributed by atoms with van der Waals surface area (Å²) in [5.74, 6) is -2.03. The molecule has 0 aromatic carbocycles. The Morgan fingerprint density at radius 2 is 1.17 bits per heavy atom. The van der Waals surface area contributed by atoms with Crippen LogP contribution in [0.25, 0.3) is 0 Å². The van der Waals surface area contributed by atoms with Crippen molar-refractivity contribution in [3.05, 3.63) is 48.6 Å². The third-order valence-corrected chi connectivity index (χ3v) is 3.47. The molecule has 0 aliphatic carbocycles. The van der Waals surface area contributed by atoms with Crippen molar-refractivity contribution in [1.82, 2.24) is 0 Å². The standard InChI is InChI=1S/C21H32O3/c1-2-3-4-5-6-7-8-9-10-11-12-13-14-15-16-17-18-19-20(22)21(23)24/h6-7,9-10,12-13,15-16H,2-5,8,11,14,17-19H2,1H3,(H,23,24). The summed E-state index contributed by atoms with van der Waals surface area (Å²) >= 11 is 0. The van der Waals surface area contributed by atoms with Crippen molar-refractivity contribution in [2.75, 3.05) is 0 Å². The Balaban J connectivity index is 3.48. The molecule has 0 atom stereocenters. The number of allylic oxidation sites excluding steroid dienone is 8. The van der Waals surface area contributed by atoms with E-state index in [0.29, 0.717) is 6.42 Å². The molecule has 0 heterocycles. The van der Waals surface area contributed by atoms with Gasteiger partial charge in [0.2, 0.25) is 5.78 Å². The quantitative estimate of drug-likeness (QED) is 0.235. The second-order valence-corrected chi connectivity index (χ2v) is 5.71. The zero-order chi connectivity index (χ0) is 17.9. The zero-order valence-corrected chi connectivity index (χ0v) is 15.0. The fourth-order valence-corrected chi connectivity index (χ4v) is 2.05. The van der Waals surface area contributed by atoms with E-state index >= 15 is 0 Å². The topological polar surface area (TPSA) is 54.4 Å². The number of rotatable bonds is 15. The number of carboxylic acid groups (broad SMARTS) is 1. The third-order valence-electron chi connectivity index (χ3n) is 3.47. The van der Waals surface area contributed by atoms with Crippen molar-refractivity contribution >= 4 is 11.8 Å². The highest BCUT2D eigenvalue weighted by molar-refractivity contribution is 6.32. The summed E-state index contributed by atoms with van der Waals surface area (Å²) < 4.78 is 0. The number of hydrogen-bond donors (Lipinski definition) is 1. The van der Waals surface area contributed by atoms with E-state index in [1.54, 1.807) is 0 Å². The highest BCUT2D eigenvalue weighted by Crippen LogP contribution is 2.01. The predicted molar refractivity (Wildman–Crippen MR) is 101 cm³/mol. The second kappa shape index (κ2) is 17.5. The van der Waals surface area contributed by atoms with Gasteiger partial charge in [0.1, 0.15) is 0 Å². The maximum Gasteiger partial charge on any atom is 0.372 e. The van der Waals surface area contributed by atoms with E-state index in [4.69, 9.17) is 5.11 Å². The van der Waals surface area contributed by atoms with E-state index in [2.05, 4.69) is 43.4 Å². The molecule has 0 aliphatic rings. The maximum atomic E-state index is 10.9. The van der Waals surface area contributed by atoms with Crippen LogP contribution in [0, 0.1) is 0 Å². The van der Waals surface area contributed by atoms with Crippen LogP contribution in [0.4, 0.5) is 0 Å². The molecule has 0 amide bonds. The molecule has 0 aromatic rings. The van der Waals surface area contributed by atoms with Crippen molar-refractivity contribution in [3.8, 4) is 0 Å². The minimum atomic E-state index is -1.33. The van der Waals surface area contributed by atoms with Crippen LogP contribution in [-0.4, -0.2) is 16.9 Å². The van der Waals surface area contributed by atoms with Gasteiger partial charge in [-0.2, -0.15) is 0 Å². The molecule has 0 spiro atoms. The van der Waals surface area contributed by atoms with Gasteiger partial charge in [0.15, 0.2) is 0 Å². The SMILES string of the molecule is CCCCCC=CCC=CCC=CCC=CCCCC(=O)C(=O)O. The molecule has 0 bridgehead atoms. The number of ketones is 1. The average Bonchev–Trinajstić information content (AvgIpc) is 2.57. The lowest BCUT2D eigenvalue weighted by Gasteiger charge is -1.92. The molecule has 0 fully saturated rings. The van der Waals surface area contributed by atoms with Gasteiger partial charge >= 0.3 is 5.97 Å². The monoisotopic (exact) mass is 332 g/mol. The van der Waals surface area contributed by atoms with Crippen molar-refractivity contribution in [1.29, 1.82) is 0 Å². The Kier molecular flexibility index (Phi) is 16.1. The largest absolute Gasteiger partial charge is 0.476 e. The Morgan fingerprint density at radius 1 is 0.708 bits per heavy atom. The van der Waals surface area contributed by atoms with Gasteiger partial charge in [-0.25, -0.2) is 4.79 Å². The molecule has 0 unspecified atom stereocenters. The Bertz CT molecular complexity index is 442. The van der Waals surface area contributed by atoms with Crippen LogP contribution >= 0.6 is 0 Å². The number of Topliss-reactive ketones (excluding diaryl/α,β-unsaturated/α-hetero) is 1. The Labute approximate surface area is 146 Å². The lowest BCUT2D eigenvalue weighted by molar-refractivity contribution is -0.149.